The Labute approximate surface area is 143 Å². The first-order chi connectivity index (χ1) is 11.9. The van der Waals surface area contributed by atoms with Crippen LogP contribution in [0.3, 0.4) is 0 Å². The van der Waals surface area contributed by atoms with Gasteiger partial charge in [0.1, 0.15) is 17.7 Å². The summed E-state index contributed by atoms with van der Waals surface area (Å²) in [5.41, 5.74) is -0.676. The molecule has 3 rings (SSSR count). The number of carboxylic acids is 1. The number of benzene rings is 1. The van der Waals surface area contributed by atoms with Crippen LogP contribution < -0.4 is 4.74 Å². The summed E-state index contributed by atoms with van der Waals surface area (Å²) in [4.78, 5) is 14.6. The van der Waals surface area contributed by atoms with Crippen LogP contribution in [-0.4, -0.2) is 48.0 Å². The average Bonchev–Trinajstić information content (AvgIpc) is 3.05. The molecule has 1 aliphatic heterocycles. The molecular formula is C16H15FN2O5S. The number of sulfonamides is 1. The number of ether oxygens (including phenoxy) is 1. The largest absolute Gasteiger partial charge is 0.489 e. The molecule has 0 saturated carbocycles. The van der Waals surface area contributed by atoms with E-state index in [-0.39, 0.29) is 24.1 Å². The summed E-state index contributed by atoms with van der Waals surface area (Å²) in [6.07, 6.45) is 3.32. The van der Waals surface area contributed by atoms with Gasteiger partial charge in [0.25, 0.3) is 0 Å². The number of hydrogen-bond acceptors (Lipinski definition) is 5. The smallest absolute Gasteiger partial charge is 0.338 e. The second-order valence-electron chi connectivity index (χ2n) is 5.52. The molecule has 1 unspecified atom stereocenters. The summed E-state index contributed by atoms with van der Waals surface area (Å²) in [6, 6.07) is 6.10. The number of carbonyl (C=O) groups is 1. The fraction of sp³-hybridized carbons (Fsp3) is 0.250. The summed E-state index contributed by atoms with van der Waals surface area (Å²) in [5, 5.41) is 8.95. The van der Waals surface area contributed by atoms with Gasteiger partial charge in [-0.15, -0.1) is 0 Å². The van der Waals surface area contributed by atoms with E-state index in [4.69, 9.17) is 9.84 Å². The fourth-order valence-corrected chi connectivity index (χ4v) is 4.11. The van der Waals surface area contributed by atoms with Crippen molar-refractivity contribution in [2.75, 3.05) is 13.1 Å². The highest BCUT2D eigenvalue weighted by Gasteiger charge is 2.34. The lowest BCUT2D eigenvalue weighted by atomic mass is 10.2. The first-order valence-electron chi connectivity index (χ1n) is 7.47. The van der Waals surface area contributed by atoms with Gasteiger partial charge in [-0.25, -0.2) is 17.6 Å². The lowest BCUT2D eigenvalue weighted by molar-refractivity contribution is 0.0691. The quantitative estimate of drug-likeness (QED) is 0.866. The van der Waals surface area contributed by atoms with E-state index in [2.05, 4.69) is 4.98 Å². The van der Waals surface area contributed by atoms with E-state index < -0.39 is 27.4 Å². The fourth-order valence-electron chi connectivity index (χ4n) is 2.60. The third kappa shape index (κ3) is 3.62. The van der Waals surface area contributed by atoms with Gasteiger partial charge < -0.3 is 9.84 Å². The van der Waals surface area contributed by atoms with Crippen LogP contribution >= 0.6 is 0 Å². The highest BCUT2D eigenvalue weighted by atomic mass is 32.2. The Kier molecular flexibility index (Phi) is 4.69. The second kappa shape index (κ2) is 6.77. The molecule has 1 aromatic heterocycles. The molecule has 0 amide bonds. The molecular weight excluding hydrogens is 351 g/mol. The molecule has 1 N–H and O–H groups in total. The van der Waals surface area contributed by atoms with E-state index in [1.165, 1.54) is 4.31 Å². The second-order valence-corrected chi connectivity index (χ2v) is 7.46. The van der Waals surface area contributed by atoms with Crippen LogP contribution in [0.2, 0.25) is 0 Å². The Hall–Kier alpha value is -2.52. The van der Waals surface area contributed by atoms with Gasteiger partial charge in [0, 0.05) is 18.9 Å². The highest BCUT2D eigenvalue weighted by Crippen LogP contribution is 2.25. The molecule has 2 heterocycles. The monoisotopic (exact) mass is 366 g/mol. The molecule has 0 radical (unpaired) electrons. The van der Waals surface area contributed by atoms with Gasteiger partial charge in [-0.3, -0.25) is 4.98 Å². The number of carboxylic acid groups (broad SMARTS) is 1. The van der Waals surface area contributed by atoms with Crippen molar-refractivity contribution in [3.63, 3.8) is 0 Å². The van der Waals surface area contributed by atoms with Crippen LogP contribution in [0.25, 0.3) is 0 Å². The SMILES string of the molecule is O=C(O)c1cc(S(=O)(=O)N2CCC(Oc3ccncc3)C2)ccc1F. The van der Waals surface area contributed by atoms with Crippen molar-refractivity contribution in [1.29, 1.82) is 0 Å². The number of halogens is 1. The van der Waals surface area contributed by atoms with Crippen LogP contribution in [0, 0.1) is 5.82 Å². The minimum absolute atomic E-state index is 0.129. The zero-order valence-electron chi connectivity index (χ0n) is 13.0. The Morgan fingerprint density at radius 1 is 1.28 bits per heavy atom. The molecule has 0 bridgehead atoms. The summed E-state index contributed by atoms with van der Waals surface area (Å²) in [7, 11) is -3.93. The summed E-state index contributed by atoms with van der Waals surface area (Å²) < 4.78 is 45.7. The molecule has 9 heteroatoms. The molecule has 0 aliphatic carbocycles. The first kappa shape index (κ1) is 17.3. The maximum Gasteiger partial charge on any atom is 0.338 e. The van der Waals surface area contributed by atoms with Crippen LogP contribution in [0.5, 0.6) is 5.75 Å². The number of aromatic carboxylic acids is 1. The zero-order valence-corrected chi connectivity index (χ0v) is 13.8. The standard InChI is InChI=1S/C16H15FN2O5S/c17-15-2-1-13(9-14(15)16(20)21)25(22,23)19-8-5-12(10-19)24-11-3-6-18-7-4-11/h1-4,6-7,9,12H,5,8,10H2,(H,20,21). The lowest BCUT2D eigenvalue weighted by Gasteiger charge is -2.17. The third-order valence-corrected chi connectivity index (χ3v) is 5.73. The van der Waals surface area contributed by atoms with E-state index in [1.54, 1.807) is 24.5 Å². The molecule has 2 aromatic rings. The molecule has 25 heavy (non-hydrogen) atoms. The van der Waals surface area contributed by atoms with Gasteiger partial charge in [0.05, 0.1) is 17.0 Å². The van der Waals surface area contributed by atoms with Gasteiger partial charge in [0.15, 0.2) is 0 Å². The van der Waals surface area contributed by atoms with Crippen LogP contribution in [0.1, 0.15) is 16.8 Å². The molecule has 0 spiro atoms. The number of pyridine rings is 1. The van der Waals surface area contributed by atoms with Crippen LogP contribution in [0.4, 0.5) is 4.39 Å². The molecule has 1 fully saturated rings. The number of aromatic nitrogens is 1. The maximum absolute atomic E-state index is 13.5. The van der Waals surface area contributed by atoms with E-state index in [0.29, 0.717) is 12.2 Å². The van der Waals surface area contributed by atoms with Crippen molar-refractivity contribution in [3.8, 4) is 5.75 Å². The van der Waals surface area contributed by atoms with Crippen molar-refractivity contribution in [2.45, 2.75) is 17.4 Å². The van der Waals surface area contributed by atoms with Crippen LogP contribution in [-0.2, 0) is 10.0 Å². The predicted molar refractivity (Wildman–Crippen MR) is 85.4 cm³/mol. The highest BCUT2D eigenvalue weighted by molar-refractivity contribution is 7.89. The molecule has 1 aliphatic rings. The van der Waals surface area contributed by atoms with Gasteiger partial charge in [-0.2, -0.15) is 4.31 Å². The topological polar surface area (TPSA) is 96.8 Å². The van der Waals surface area contributed by atoms with Crippen molar-refractivity contribution in [2.24, 2.45) is 0 Å². The lowest BCUT2D eigenvalue weighted by Crippen LogP contribution is -2.31. The van der Waals surface area contributed by atoms with E-state index in [9.17, 15) is 17.6 Å². The van der Waals surface area contributed by atoms with E-state index in [1.807, 2.05) is 0 Å². The first-order valence-corrected chi connectivity index (χ1v) is 8.91. The van der Waals surface area contributed by atoms with E-state index in [0.717, 1.165) is 18.2 Å². The minimum atomic E-state index is -3.93. The third-order valence-electron chi connectivity index (χ3n) is 3.87. The Morgan fingerprint density at radius 3 is 2.68 bits per heavy atom. The number of hydrogen-bond donors (Lipinski definition) is 1. The normalized spacial score (nSPS) is 18.2. The zero-order chi connectivity index (χ0) is 18.0. The Balaban J connectivity index is 1.77. The maximum atomic E-state index is 13.5. The van der Waals surface area contributed by atoms with Crippen molar-refractivity contribution in [1.82, 2.24) is 9.29 Å². The minimum Gasteiger partial charge on any atom is -0.489 e. The molecule has 132 valence electrons. The summed E-state index contributed by atoms with van der Waals surface area (Å²) >= 11 is 0. The predicted octanol–water partition coefficient (Wildman–Crippen LogP) is 1.76. The van der Waals surface area contributed by atoms with Gasteiger partial charge in [0.2, 0.25) is 10.0 Å². The van der Waals surface area contributed by atoms with Crippen molar-refractivity contribution < 1.29 is 27.4 Å². The Bertz CT molecular complexity index is 889. The van der Waals surface area contributed by atoms with Crippen molar-refractivity contribution in [3.05, 3.63) is 54.1 Å². The molecule has 1 aromatic carbocycles. The van der Waals surface area contributed by atoms with Crippen molar-refractivity contribution >= 4 is 16.0 Å². The molecule has 1 saturated heterocycles. The van der Waals surface area contributed by atoms with Gasteiger partial charge >= 0.3 is 5.97 Å². The Morgan fingerprint density at radius 2 is 2.00 bits per heavy atom. The summed E-state index contributed by atoms with van der Waals surface area (Å²) in [6.45, 7) is 0.363. The van der Waals surface area contributed by atoms with E-state index >= 15 is 0 Å². The van der Waals surface area contributed by atoms with Crippen LogP contribution in [0.15, 0.2) is 47.6 Å². The summed E-state index contributed by atoms with van der Waals surface area (Å²) in [5.74, 6) is -1.91. The average molecular weight is 366 g/mol. The van der Waals surface area contributed by atoms with Gasteiger partial charge in [-0.1, -0.05) is 0 Å². The molecule has 1 atom stereocenters. The van der Waals surface area contributed by atoms with Gasteiger partial charge in [-0.05, 0) is 36.8 Å². The number of nitrogens with zero attached hydrogens (tertiary/aromatic N) is 2. The number of rotatable bonds is 5. The molecule has 7 nitrogen and oxygen atoms in total.